The van der Waals surface area contributed by atoms with Crippen LogP contribution >= 0.6 is 0 Å². The maximum absolute atomic E-state index is 11.4. The highest BCUT2D eigenvalue weighted by molar-refractivity contribution is 5.91. The van der Waals surface area contributed by atoms with Crippen molar-refractivity contribution < 1.29 is 24.2 Å². The summed E-state index contributed by atoms with van der Waals surface area (Å²) in [7, 11) is 1.40. The Morgan fingerprint density at radius 2 is 2.00 bits per heavy atom. The van der Waals surface area contributed by atoms with Crippen molar-refractivity contribution in [2.24, 2.45) is 0 Å². The summed E-state index contributed by atoms with van der Waals surface area (Å²) in [4.78, 5) is 22.6. The van der Waals surface area contributed by atoms with Crippen molar-refractivity contribution in [3.63, 3.8) is 0 Å². The summed E-state index contributed by atoms with van der Waals surface area (Å²) in [5, 5.41) is 11.7. The van der Waals surface area contributed by atoms with E-state index in [1.165, 1.54) is 13.2 Å². The van der Waals surface area contributed by atoms with Crippen molar-refractivity contribution in [2.45, 2.75) is 32.8 Å². The van der Waals surface area contributed by atoms with Crippen molar-refractivity contribution in [2.75, 3.05) is 13.7 Å². The normalized spacial score (nSPS) is 10.3. The van der Waals surface area contributed by atoms with Gasteiger partial charge in [0.05, 0.1) is 12.7 Å². The number of benzene rings is 1. The molecule has 2 N–H and O–H groups in total. The summed E-state index contributed by atoms with van der Waals surface area (Å²) in [5.41, 5.74) is 0.0104. The van der Waals surface area contributed by atoms with Gasteiger partial charge in [-0.05, 0) is 32.9 Å². The lowest BCUT2D eigenvalue weighted by Crippen LogP contribution is -2.32. The van der Waals surface area contributed by atoms with Gasteiger partial charge in [-0.2, -0.15) is 0 Å². The van der Waals surface area contributed by atoms with E-state index in [-0.39, 0.29) is 11.3 Å². The van der Waals surface area contributed by atoms with Crippen LogP contribution in [0.5, 0.6) is 5.75 Å². The van der Waals surface area contributed by atoms with Crippen LogP contribution in [0.25, 0.3) is 0 Å². The van der Waals surface area contributed by atoms with E-state index in [0.717, 1.165) is 0 Å². The van der Waals surface area contributed by atoms with Crippen LogP contribution in [0.1, 0.15) is 43.1 Å². The van der Waals surface area contributed by atoms with Crippen LogP contribution in [0.15, 0.2) is 18.2 Å². The first-order valence-corrected chi connectivity index (χ1v) is 7.10. The van der Waals surface area contributed by atoms with Crippen LogP contribution in [0, 0.1) is 11.8 Å². The van der Waals surface area contributed by atoms with E-state index in [2.05, 4.69) is 17.2 Å². The molecule has 0 atom stereocenters. The van der Waals surface area contributed by atoms with Crippen LogP contribution in [0.2, 0.25) is 0 Å². The van der Waals surface area contributed by atoms with Crippen molar-refractivity contribution >= 4 is 12.1 Å². The molecule has 6 heteroatoms. The van der Waals surface area contributed by atoms with E-state index < -0.39 is 17.7 Å². The number of para-hydroxylation sites is 1. The van der Waals surface area contributed by atoms with Crippen molar-refractivity contribution in [3.05, 3.63) is 29.3 Å². The molecule has 1 aromatic carbocycles. The minimum atomic E-state index is -1.07. The number of rotatable bonds is 4. The fourth-order valence-corrected chi connectivity index (χ4v) is 1.72. The van der Waals surface area contributed by atoms with Gasteiger partial charge < -0.3 is 19.9 Å². The molecule has 6 nitrogen and oxygen atoms in total. The van der Waals surface area contributed by atoms with Gasteiger partial charge in [0.2, 0.25) is 0 Å². The van der Waals surface area contributed by atoms with Crippen molar-refractivity contribution in [3.8, 4) is 17.6 Å². The quantitative estimate of drug-likeness (QED) is 0.658. The van der Waals surface area contributed by atoms with E-state index in [1.807, 2.05) is 0 Å². The Morgan fingerprint density at radius 1 is 1.30 bits per heavy atom. The summed E-state index contributed by atoms with van der Waals surface area (Å²) < 4.78 is 10.2. The van der Waals surface area contributed by atoms with Crippen LogP contribution in [-0.4, -0.2) is 36.4 Å². The van der Waals surface area contributed by atoms with Gasteiger partial charge in [0, 0.05) is 13.0 Å². The lowest BCUT2D eigenvalue weighted by molar-refractivity contribution is 0.0528. The van der Waals surface area contributed by atoms with Gasteiger partial charge in [-0.25, -0.2) is 9.59 Å². The second-order valence-electron chi connectivity index (χ2n) is 5.67. The van der Waals surface area contributed by atoms with Gasteiger partial charge in [-0.15, -0.1) is 0 Å². The van der Waals surface area contributed by atoms with E-state index in [4.69, 9.17) is 14.6 Å². The largest absolute Gasteiger partial charge is 0.495 e. The topological polar surface area (TPSA) is 84.9 Å². The Bertz CT molecular complexity index is 635. The van der Waals surface area contributed by atoms with Crippen LogP contribution in [0.3, 0.4) is 0 Å². The molecule has 0 saturated heterocycles. The van der Waals surface area contributed by atoms with Gasteiger partial charge in [-0.1, -0.05) is 17.9 Å². The highest BCUT2D eigenvalue weighted by Gasteiger charge is 2.15. The fourth-order valence-electron chi connectivity index (χ4n) is 1.72. The third-order valence-electron chi connectivity index (χ3n) is 2.59. The number of amides is 1. The zero-order chi connectivity index (χ0) is 17.5. The number of carbonyl (C=O) groups excluding carboxylic acids is 1. The average molecular weight is 319 g/mol. The Kier molecular flexibility index (Phi) is 6.46. The van der Waals surface area contributed by atoms with Crippen molar-refractivity contribution in [1.82, 2.24) is 5.32 Å². The SMILES string of the molecule is COc1c(C#CCCNC(=O)OC(C)(C)C)cccc1C(=O)O. The predicted molar refractivity (Wildman–Crippen MR) is 85.7 cm³/mol. The van der Waals surface area contributed by atoms with Crippen LogP contribution in [-0.2, 0) is 4.74 Å². The third-order valence-corrected chi connectivity index (χ3v) is 2.59. The molecule has 124 valence electrons. The predicted octanol–water partition coefficient (Wildman–Crippen LogP) is 2.66. The van der Waals surface area contributed by atoms with Crippen molar-refractivity contribution in [1.29, 1.82) is 0 Å². The number of carboxylic acid groups (broad SMARTS) is 1. The van der Waals surface area contributed by atoms with E-state index in [0.29, 0.717) is 18.5 Å². The number of carbonyl (C=O) groups is 2. The number of nitrogens with one attached hydrogen (secondary N) is 1. The molecule has 0 heterocycles. The average Bonchev–Trinajstić information content (AvgIpc) is 2.44. The molecule has 0 aromatic heterocycles. The second-order valence-corrected chi connectivity index (χ2v) is 5.67. The Hall–Kier alpha value is -2.68. The van der Waals surface area contributed by atoms with E-state index >= 15 is 0 Å². The summed E-state index contributed by atoms with van der Waals surface area (Å²) in [6, 6.07) is 4.74. The fraction of sp³-hybridized carbons (Fsp3) is 0.412. The summed E-state index contributed by atoms with van der Waals surface area (Å²) in [6.07, 6.45) is -0.0931. The lowest BCUT2D eigenvalue weighted by Gasteiger charge is -2.19. The summed E-state index contributed by atoms with van der Waals surface area (Å²) in [6.45, 7) is 5.69. The molecule has 0 spiro atoms. The number of hydrogen-bond acceptors (Lipinski definition) is 4. The Balaban J connectivity index is 2.63. The van der Waals surface area contributed by atoms with E-state index in [1.54, 1.807) is 32.9 Å². The highest BCUT2D eigenvalue weighted by Crippen LogP contribution is 2.22. The molecule has 1 rings (SSSR count). The number of carboxylic acids is 1. The number of aromatic carboxylic acids is 1. The Labute approximate surface area is 135 Å². The molecule has 0 saturated carbocycles. The summed E-state index contributed by atoms with van der Waals surface area (Å²) >= 11 is 0. The van der Waals surface area contributed by atoms with Crippen LogP contribution < -0.4 is 10.1 Å². The molecule has 0 aliphatic carbocycles. The van der Waals surface area contributed by atoms with Gasteiger partial charge in [0.15, 0.2) is 0 Å². The smallest absolute Gasteiger partial charge is 0.407 e. The standard InChI is InChI=1S/C17H21NO5/c1-17(2,3)23-16(21)18-11-6-5-8-12-9-7-10-13(15(19)20)14(12)22-4/h7,9-10H,6,11H2,1-4H3,(H,18,21)(H,19,20). The molecule has 23 heavy (non-hydrogen) atoms. The minimum Gasteiger partial charge on any atom is -0.495 e. The van der Waals surface area contributed by atoms with Gasteiger partial charge >= 0.3 is 12.1 Å². The molecule has 0 aliphatic rings. The summed E-state index contributed by atoms with van der Waals surface area (Å²) in [5.74, 6) is 4.88. The molecule has 1 amide bonds. The zero-order valence-corrected chi connectivity index (χ0v) is 13.7. The first kappa shape index (κ1) is 18.4. The second kappa shape index (κ2) is 8.08. The molecular formula is C17H21NO5. The molecule has 0 radical (unpaired) electrons. The third kappa shape index (κ3) is 6.30. The molecule has 0 bridgehead atoms. The molecular weight excluding hydrogens is 298 g/mol. The molecule has 0 fully saturated rings. The number of ether oxygens (including phenoxy) is 2. The number of methoxy groups -OCH3 is 1. The zero-order valence-electron chi connectivity index (χ0n) is 13.7. The maximum atomic E-state index is 11.4. The number of hydrogen-bond donors (Lipinski definition) is 2. The Morgan fingerprint density at radius 3 is 2.57 bits per heavy atom. The highest BCUT2D eigenvalue weighted by atomic mass is 16.6. The maximum Gasteiger partial charge on any atom is 0.407 e. The first-order valence-electron chi connectivity index (χ1n) is 7.10. The lowest BCUT2D eigenvalue weighted by atomic mass is 10.1. The monoisotopic (exact) mass is 319 g/mol. The molecule has 0 aliphatic heterocycles. The van der Waals surface area contributed by atoms with Gasteiger partial charge in [-0.3, -0.25) is 0 Å². The number of alkyl carbamates (subject to hydrolysis) is 1. The van der Waals surface area contributed by atoms with E-state index in [9.17, 15) is 9.59 Å². The minimum absolute atomic E-state index is 0.0613. The van der Waals surface area contributed by atoms with Gasteiger partial charge in [0.25, 0.3) is 0 Å². The van der Waals surface area contributed by atoms with Gasteiger partial charge in [0.1, 0.15) is 16.9 Å². The molecule has 1 aromatic rings. The molecule has 0 unspecified atom stereocenters. The first-order chi connectivity index (χ1) is 10.7. The van der Waals surface area contributed by atoms with Crippen LogP contribution in [0.4, 0.5) is 4.79 Å².